The third-order valence-electron chi connectivity index (χ3n) is 4.32. The molecule has 0 spiro atoms. The summed E-state index contributed by atoms with van der Waals surface area (Å²) in [5.74, 6) is -1.01. The molecule has 1 aromatic carbocycles. The van der Waals surface area contributed by atoms with Crippen LogP contribution >= 0.6 is 11.8 Å². The number of aryl methyl sites for hydroxylation is 1. The molecule has 134 valence electrons. The van der Waals surface area contributed by atoms with E-state index < -0.39 is 5.97 Å². The Kier molecular flexibility index (Phi) is 4.73. The number of carboxylic acid groups (broad SMARTS) is 1. The number of carboxylic acids is 1. The van der Waals surface area contributed by atoms with Crippen LogP contribution in [0, 0.1) is 13.8 Å². The van der Waals surface area contributed by atoms with Crippen molar-refractivity contribution in [2.75, 3.05) is 14.1 Å². The zero-order valence-electron chi connectivity index (χ0n) is 15.0. The van der Waals surface area contributed by atoms with Crippen LogP contribution in [0.3, 0.4) is 0 Å². The minimum atomic E-state index is -0.947. The normalized spacial score (nSPS) is 17.5. The fourth-order valence-electron chi connectivity index (χ4n) is 2.97. The first-order valence-electron chi connectivity index (χ1n) is 8.00. The van der Waals surface area contributed by atoms with E-state index >= 15 is 0 Å². The van der Waals surface area contributed by atoms with Gasteiger partial charge in [-0.1, -0.05) is 0 Å². The first-order valence-corrected chi connectivity index (χ1v) is 8.82. The summed E-state index contributed by atoms with van der Waals surface area (Å²) in [6, 6.07) is 8.76. The van der Waals surface area contributed by atoms with Crippen LogP contribution in [0.15, 0.2) is 40.2 Å². The summed E-state index contributed by atoms with van der Waals surface area (Å²) in [4.78, 5) is 29.7. The van der Waals surface area contributed by atoms with E-state index in [2.05, 4.69) is 4.99 Å². The average molecular weight is 369 g/mol. The Labute approximate surface area is 155 Å². The molecule has 7 heteroatoms. The topological polar surface area (TPSA) is 74.9 Å². The van der Waals surface area contributed by atoms with Crippen molar-refractivity contribution in [3.63, 3.8) is 0 Å². The van der Waals surface area contributed by atoms with Gasteiger partial charge in [-0.15, -0.1) is 0 Å². The van der Waals surface area contributed by atoms with Gasteiger partial charge in [-0.3, -0.25) is 14.7 Å². The van der Waals surface area contributed by atoms with E-state index in [4.69, 9.17) is 5.11 Å². The second kappa shape index (κ2) is 6.84. The van der Waals surface area contributed by atoms with E-state index in [0.29, 0.717) is 10.1 Å². The molecule has 6 nitrogen and oxygen atoms in total. The monoisotopic (exact) mass is 369 g/mol. The summed E-state index contributed by atoms with van der Waals surface area (Å²) in [5, 5.41) is 9.72. The number of aromatic carboxylic acids is 1. The average Bonchev–Trinajstić information content (AvgIpc) is 3.05. The van der Waals surface area contributed by atoms with E-state index in [9.17, 15) is 9.59 Å². The van der Waals surface area contributed by atoms with Crippen molar-refractivity contribution in [2.45, 2.75) is 13.8 Å². The van der Waals surface area contributed by atoms with Gasteiger partial charge in [-0.25, -0.2) is 4.79 Å². The Bertz CT molecular complexity index is 955. The quantitative estimate of drug-likeness (QED) is 0.842. The summed E-state index contributed by atoms with van der Waals surface area (Å²) in [6.45, 7) is 3.96. The highest BCUT2D eigenvalue weighted by atomic mass is 32.2. The van der Waals surface area contributed by atoms with Gasteiger partial charge in [0, 0.05) is 31.2 Å². The predicted octanol–water partition coefficient (Wildman–Crippen LogP) is 3.32. The molecule has 0 radical (unpaired) electrons. The van der Waals surface area contributed by atoms with Gasteiger partial charge >= 0.3 is 5.97 Å². The van der Waals surface area contributed by atoms with Crippen molar-refractivity contribution in [1.82, 2.24) is 9.47 Å². The summed E-state index contributed by atoms with van der Waals surface area (Å²) in [6.07, 6.45) is 1.88. The van der Waals surface area contributed by atoms with Crippen molar-refractivity contribution in [1.29, 1.82) is 0 Å². The molecule has 3 rings (SSSR count). The number of aliphatic imine (C=N–C) groups is 1. The Morgan fingerprint density at radius 3 is 2.42 bits per heavy atom. The van der Waals surface area contributed by atoms with Crippen LogP contribution in [-0.4, -0.2) is 45.7 Å². The Morgan fingerprint density at radius 1 is 1.23 bits per heavy atom. The molecular formula is C19H19N3O3S. The maximum Gasteiger partial charge on any atom is 0.335 e. The van der Waals surface area contributed by atoms with Gasteiger partial charge in [0.25, 0.3) is 5.91 Å². The van der Waals surface area contributed by atoms with E-state index in [1.807, 2.05) is 30.6 Å². The highest BCUT2D eigenvalue weighted by molar-refractivity contribution is 8.18. The Hall–Kier alpha value is -2.80. The molecule has 0 aliphatic carbocycles. The number of hydrogen-bond acceptors (Lipinski definition) is 4. The lowest BCUT2D eigenvalue weighted by Gasteiger charge is -2.10. The van der Waals surface area contributed by atoms with Gasteiger partial charge < -0.3 is 9.67 Å². The largest absolute Gasteiger partial charge is 0.478 e. The van der Waals surface area contributed by atoms with E-state index in [1.165, 1.54) is 11.8 Å². The predicted molar refractivity (Wildman–Crippen MR) is 104 cm³/mol. The highest BCUT2D eigenvalue weighted by Crippen LogP contribution is 2.33. The molecule has 1 saturated heterocycles. The third kappa shape index (κ3) is 3.06. The zero-order chi connectivity index (χ0) is 19.0. The maximum absolute atomic E-state index is 12.3. The van der Waals surface area contributed by atoms with Crippen LogP contribution in [0.25, 0.3) is 11.8 Å². The van der Waals surface area contributed by atoms with Gasteiger partial charge in [0.05, 0.1) is 10.5 Å². The number of hydrogen-bond donors (Lipinski definition) is 1. The number of amidine groups is 1. The Balaban J connectivity index is 2.00. The van der Waals surface area contributed by atoms with Crippen molar-refractivity contribution in [2.24, 2.45) is 4.99 Å². The molecule has 1 N–H and O–H groups in total. The van der Waals surface area contributed by atoms with Gasteiger partial charge in [0.15, 0.2) is 5.17 Å². The number of benzene rings is 1. The fourth-order valence-corrected chi connectivity index (χ4v) is 3.89. The second-order valence-corrected chi connectivity index (χ2v) is 7.00. The molecule has 2 aromatic rings. The lowest BCUT2D eigenvalue weighted by Crippen LogP contribution is -2.23. The molecule has 1 aromatic heterocycles. The van der Waals surface area contributed by atoms with E-state index in [0.717, 1.165) is 22.6 Å². The molecule has 1 aliphatic heterocycles. The number of aromatic nitrogens is 1. The molecule has 0 saturated carbocycles. The summed E-state index contributed by atoms with van der Waals surface area (Å²) < 4.78 is 2.04. The molecule has 0 atom stereocenters. The van der Waals surface area contributed by atoms with Crippen molar-refractivity contribution < 1.29 is 14.7 Å². The number of amides is 1. The zero-order valence-corrected chi connectivity index (χ0v) is 15.8. The van der Waals surface area contributed by atoms with E-state index in [-0.39, 0.29) is 11.5 Å². The molecule has 0 bridgehead atoms. The number of rotatable bonds is 3. The minimum absolute atomic E-state index is 0.0637. The van der Waals surface area contributed by atoms with Crippen LogP contribution in [0.1, 0.15) is 27.3 Å². The third-order valence-corrected chi connectivity index (χ3v) is 5.48. The van der Waals surface area contributed by atoms with Crippen molar-refractivity contribution in [3.05, 3.63) is 57.8 Å². The van der Waals surface area contributed by atoms with Gasteiger partial charge in [-0.05, 0) is 67.6 Å². The molecule has 1 fully saturated rings. The van der Waals surface area contributed by atoms with Crippen LogP contribution < -0.4 is 0 Å². The summed E-state index contributed by atoms with van der Waals surface area (Å²) >= 11 is 1.36. The molecule has 2 heterocycles. The maximum atomic E-state index is 12.3. The van der Waals surface area contributed by atoms with Gasteiger partial charge in [0.2, 0.25) is 0 Å². The number of carbonyl (C=O) groups is 2. The van der Waals surface area contributed by atoms with Crippen molar-refractivity contribution >= 4 is 34.9 Å². The van der Waals surface area contributed by atoms with Crippen molar-refractivity contribution in [3.8, 4) is 5.69 Å². The first kappa shape index (κ1) is 18.0. The molecular weight excluding hydrogens is 350 g/mol. The first-order chi connectivity index (χ1) is 12.3. The SMILES string of the molecule is CN=C1S/C(=C\c2cc(C)n(-c3ccc(C(=O)O)cc3)c2C)C(=O)N1C. The molecule has 1 aliphatic rings. The molecule has 1 amide bonds. The van der Waals surface area contributed by atoms with Gasteiger partial charge in [-0.2, -0.15) is 0 Å². The smallest absolute Gasteiger partial charge is 0.335 e. The lowest BCUT2D eigenvalue weighted by molar-refractivity contribution is -0.121. The van der Waals surface area contributed by atoms with Crippen LogP contribution in [0.2, 0.25) is 0 Å². The fraction of sp³-hybridized carbons (Fsp3) is 0.211. The molecule has 26 heavy (non-hydrogen) atoms. The number of thioether (sulfide) groups is 1. The standard InChI is InChI=1S/C19H19N3O3S/c1-11-9-14(10-16-17(23)21(4)19(20-3)26-16)12(2)22(11)15-7-5-13(6-8-15)18(24)25/h5-10H,1-4H3,(H,24,25)/b16-10-,20-19?. The summed E-state index contributed by atoms with van der Waals surface area (Å²) in [5.41, 5.74) is 4.07. The van der Waals surface area contributed by atoms with Crippen LogP contribution in [0.4, 0.5) is 0 Å². The Morgan fingerprint density at radius 2 is 1.88 bits per heavy atom. The number of nitrogens with zero attached hydrogens (tertiary/aromatic N) is 3. The van der Waals surface area contributed by atoms with E-state index in [1.54, 1.807) is 43.3 Å². The van der Waals surface area contributed by atoms with Crippen LogP contribution in [-0.2, 0) is 4.79 Å². The van der Waals surface area contributed by atoms with Gasteiger partial charge in [0.1, 0.15) is 0 Å². The minimum Gasteiger partial charge on any atom is -0.478 e. The number of likely N-dealkylation sites (N-methyl/N-ethyl adjacent to an activating group) is 1. The lowest BCUT2D eigenvalue weighted by atomic mass is 10.2. The number of carbonyl (C=O) groups excluding carboxylic acids is 1. The second-order valence-electron chi connectivity index (χ2n) is 5.99. The summed E-state index contributed by atoms with van der Waals surface area (Å²) in [7, 11) is 3.38. The van der Waals surface area contributed by atoms with Crippen LogP contribution in [0.5, 0.6) is 0 Å². The highest BCUT2D eigenvalue weighted by Gasteiger charge is 2.30. The molecule has 0 unspecified atom stereocenters.